The van der Waals surface area contributed by atoms with Crippen molar-refractivity contribution in [2.75, 3.05) is 0 Å². The first kappa shape index (κ1) is 12.8. The van der Waals surface area contributed by atoms with E-state index in [0.29, 0.717) is 18.1 Å². The molecular formula is C10H16N4OS2. The number of nitrogens with two attached hydrogens (primary N) is 2. The summed E-state index contributed by atoms with van der Waals surface area (Å²) >= 11 is 3.08. The first-order chi connectivity index (χ1) is 8.03. The van der Waals surface area contributed by atoms with Gasteiger partial charge in [-0.2, -0.15) is 4.37 Å². The maximum atomic E-state index is 11.2. The van der Waals surface area contributed by atoms with Crippen LogP contribution in [0.4, 0.5) is 0 Å². The summed E-state index contributed by atoms with van der Waals surface area (Å²) in [7, 11) is 0. The van der Waals surface area contributed by atoms with Gasteiger partial charge < -0.3 is 11.5 Å². The predicted molar refractivity (Wildman–Crippen MR) is 68.9 cm³/mol. The second-order valence-corrected chi connectivity index (χ2v) is 6.63. The highest BCUT2D eigenvalue weighted by Crippen LogP contribution is 2.39. The molecular weight excluding hydrogens is 256 g/mol. The fourth-order valence-electron chi connectivity index (χ4n) is 1.93. The lowest BCUT2D eigenvalue weighted by atomic mass is 9.99. The fourth-order valence-corrected chi connectivity index (χ4v) is 4.18. The van der Waals surface area contributed by atoms with Gasteiger partial charge in [-0.05, 0) is 30.8 Å². The van der Waals surface area contributed by atoms with E-state index < -0.39 is 11.4 Å². The Bertz CT molecular complexity index is 422. The number of thioether (sulfide) groups is 1. The van der Waals surface area contributed by atoms with Gasteiger partial charge in [0.2, 0.25) is 5.91 Å². The average molecular weight is 272 g/mol. The lowest BCUT2D eigenvalue weighted by molar-refractivity contribution is -0.122. The van der Waals surface area contributed by atoms with E-state index in [2.05, 4.69) is 9.36 Å². The maximum absolute atomic E-state index is 11.2. The molecule has 2 rings (SSSR count). The van der Waals surface area contributed by atoms with Crippen LogP contribution in [0.1, 0.15) is 32.0 Å². The van der Waals surface area contributed by atoms with E-state index in [1.807, 2.05) is 6.92 Å². The Morgan fingerprint density at radius 3 is 3.00 bits per heavy atom. The van der Waals surface area contributed by atoms with Crippen LogP contribution >= 0.6 is 23.3 Å². The number of rotatable bonds is 4. The SMILES string of the molecule is CCc1nsc(SC2CCC(N)(C(N)=O)C2)n1. The van der Waals surface area contributed by atoms with E-state index in [4.69, 9.17) is 11.5 Å². The topological polar surface area (TPSA) is 94.9 Å². The third-order valence-corrected chi connectivity index (χ3v) is 5.12. The molecule has 0 aliphatic heterocycles. The molecule has 5 nitrogen and oxygen atoms in total. The van der Waals surface area contributed by atoms with Crippen molar-refractivity contribution in [3.8, 4) is 0 Å². The number of hydrogen-bond donors (Lipinski definition) is 2. The summed E-state index contributed by atoms with van der Waals surface area (Å²) in [6.45, 7) is 2.03. The molecule has 0 spiro atoms. The van der Waals surface area contributed by atoms with Crippen LogP contribution in [-0.2, 0) is 11.2 Å². The molecule has 94 valence electrons. The van der Waals surface area contributed by atoms with E-state index in [0.717, 1.165) is 23.0 Å². The maximum Gasteiger partial charge on any atom is 0.237 e. The highest BCUT2D eigenvalue weighted by atomic mass is 32.2. The summed E-state index contributed by atoms with van der Waals surface area (Å²) in [6.07, 6.45) is 3.06. The van der Waals surface area contributed by atoms with Gasteiger partial charge in [0.1, 0.15) is 5.82 Å². The Labute approximate surface area is 109 Å². The summed E-state index contributed by atoms with van der Waals surface area (Å²) in [6, 6.07) is 0. The zero-order chi connectivity index (χ0) is 12.5. The minimum Gasteiger partial charge on any atom is -0.368 e. The molecule has 0 radical (unpaired) electrons. The van der Waals surface area contributed by atoms with Crippen molar-refractivity contribution in [2.45, 2.75) is 47.7 Å². The van der Waals surface area contributed by atoms with Crippen molar-refractivity contribution in [2.24, 2.45) is 11.5 Å². The highest BCUT2D eigenvalue weighted by molar-refractivity contribution is 8.01. The molecule has 0 saturated heterocycles. The molecule has 1 aliphatic rings. The largest absolute Gasteiger partial charge is 0.368 e. The summed E-state index contributed by atoms with van der Waals surface area (Å²) < 4.78 is 5.19. The van der Waals surface area contributed by atoms with Crippen LogP contribution in [-0.4, -0.2) is 26.1 Å². The fraction of sp³-hybridized carbons (Fsp3) is 0.700. The van der Waals surface area contributed by atoms with Gasteiger partial charge in [0.05, 0.1) is 5.54 Å². The first-order valence-corrected chi connectivity index (χ1v) is 7.27. The van der Waals surface area contributed by atoms with Crippen LogP contribution < -0.4 is 11.5 Å². The molecule has 1 aromatic rings. The molecule has 1 saturated carbocycles. The van der Waals surface area contributed by atoms with Crippen molar-refractivity contribution >= 4 is 29.2 Å². The Morgan fingerprint density at radius 2 is 2.47 bits per heavy atom. The standard InChI is InChI=1S/C10H16N4OS2/c1-2-7-13-9(17-14-7)16-6-3-4-10(12,5-6)8(11)15/h6H,2-5,12H2,1H3,(H2,11,15). The monoisotopic (exact) mass is 272 g/mol. The van der Waals surface area contributed by atoms with Crippen molar-refractivity contribution in [1.29, 1.82) is 0 Å². The number of aromatic nitrogens is 2. The zero-order valence-corrected chi connectivity index (χ0v) is 11.3. The quantitative estimate of drug-likeness (QED) is 0.850. The molecule has 1 fully saturated rings. The average Bonchev–Trinajstić information content (AvgIpc) is 2.87. The number of amides is 1. The normalized spacial score (nSPS) is 28.5. The molecule has 17 heavy (non-hydrogen) atoms. The predicted octanol–water partition coefficient (Wildman–Crippen LogP) is 0.928. The van der Waals surface area contributed by atoms with Crippen molar-refractivity contribution in [3.63, 3.8) is 0 Å². The summed E-state index contributed by atoms with van der Waals surface area (Å²) in [5.74, 6) is 0.483. The molecule has 4 N–H and O–H groups in total. The Hall–Kier alpha value is -0.660. The number of hydrogen-bond acceptors (Lipinski definition) is 6. The van der Waals surface area contributed by atoms with Crippen LogP contribution in [0.25, 0.3) is 0 Å². The lowest BCUT2D eigenvalue weighted by Gasteiger charge is -2.18. The molecule has 0 bridgehead atoms. The minimum absolute atomic E-state index is 0.324. The van der Waals surface area contributed by atoms with Gasteiger partial charge in [-0.3, -0.25) is 4.79 Å². The van der Waals surface area contributed by atoms with Crippen LogP contribution in [0, 0.1) is 0 Å². The van der Waals surface area contributed by atoms with Crippen molar-refractivity contribution < 1.29 is 4.79 Å². The Kier molecular flexibility index (Phi) is 3.70. The molecule has 7 heteroatoms. The molecule has 0 aromatic carbocycles. The van der Waals surface area contributed by atoms with E-state index in [-0.39, 0.29) is 0 Å². The Balaban J connectivity index is 1.96. The van der Waals surface area contributed by atoms with Gasteiger partial charge >= 0.3 is 0 Å². The van der Waals surface area contributed by atoms with Gasteiger partial charge in [0.25, 0.3) is 0 Å². The van der Waals surface area contributed by atoms with Gasteiger partial charge in [-0.25, -0.2) is 4.98 Å². The second kappa shape index (κ2) is 4.91. The number of carbonyl (C=O) groups is 1. The molecule has 1 amide bonds. The first-order valence-electron chi connectivity index (χ1n) is 5.61. The summed E-state index contributed by atoms with van der Waals surface area (Å²) in [4.78, 5) is 15.6. The third-order valence-electron chi connectivity index (χ3n) is 3.03. The molecule has 1 aromatic heterocycles. The molecule has 1 aliphatic carbocycles. The van der Waals surface area contributed by atoms with Crippen molar-refractivity contribution in [3.05, 3.63) is 5.82 Å². The zero-order valence-electron chi connectivity index (χ0n) is 9.68. The van der Waals surface area contributed by atoms with Crippen molar-refractivity contribution in [1.82, 2.24) is 9.36 Å². The molecule has 2 atom stereocenters. The second-order valence-electron chi connectivity index (χ2n) is 4.33. The smallest absolute Gasteiger partial charge is 0.237 e. The van der Waals surface area contributed by atoms with E-state index in [9.17, 15) is 4.79 Å². The van der Waals surface area contributed by atoms with Gasteiger partial charge in [0.15, 0.2) is 4.34 Å². The van der Waals surface area contributed by atoms with Gasteiger partial charge in [0, 0.05) is 11.7 Å². The summed E-state index contributed by atoms with van der Waals surface area (Å²) in [5, 5.41) is 0.324. The molecule has 2 unspecified atom stereocenters. The van der Waals surface area contributed by atoms with E-state index in [1.54, 1.807) is 11.8 Å². The van der Waals surface area contributed by atoms with E-state index >= 15 is 0 Å². The highest BCUT2D eigenvalue weighted by Gasteiger charge is 2.41. The number of nitrogens with zero attached hydrogens (tertiary/aromatic N) is 2. The van der Waals surface area contributed by atoms with Gasteiger partial charge in [-0.1, -0.05) is 18.7 Å². The number of aryl methyl sites for hydroxylation is 1. The van der Waals surface area contributed by atoms with Crippen LogP contribution in [0.5, 0.6) is 0 Å². The molecule has 1 heterocycles. The van der Waals surface area contributed by atoms with Crippen LogP contribution in [0.3, 0.4) is 0 Å². The third kappa shape index (κ3) is 2.78. The minimum atomic E-state index is -0.823. The van der Waals surface area contributed by atoms with Crippen LogP contribution in [0.2, 0.25) is 0 Å². The number of primary amides is 1. The van der Waals surface area contributed by atoms with Gasteiger partial charge in [-0.15, -0.1) is 0 Å². The summed E-state index contributed by atoms with van der Waals surface area (Å²) in [5.41, 5.74) is 10.4. The number of carbonyl (C=O) groups excluding carboxylic acids is 1. The van der Waals surface area contributed by atoms with E-state index in [1.165, 1.54) is 11.5 Å². The Morgan fingerprint density at radius 1 is 1.71 bits per heavy atom. The van der Waals surface area contributed by atoms with Crippen LogP contribution in [0.15, 0.2) is 4.34 Å². The lowest BCUT2D eigenvalue weighted by Crippen LogP contribution is -2.50.